The fourth-order valence-corrected chi connectivity index (χ4v) is 1.49. The van der Waals surface area contributed by atoms with Gasteiger partial charge >= 0.3 is 0 Å². The molecule has 0 unspecified atom stereocenters. The van der Waals surface area contributed by atoms with Crippen LogP contribution in [0.25, 0.3) is 0 Å². The molecule has 3 N–H and O–H groups in total. The maximum atomic E-state index is 5.56. The smallest absolute Gasteiger partial charge is 0.222 e. The number of rotatable bonds is 2. The van der Waals surface area contributed by atoms with Crippen LogP contribution in [0.1, 0.15) is 5.69 Å². The van der Waals surface area contributed by atoms with Crippen molar-refractivity contribution in [2.75, 3.05) is 37.5 Å². The Morgan fingerprint density at radius 1 is 1.40 bits per heavy atom. The normalized spacial score (nSPS) is 17.7. The van der Waals surface area contributed by atoms with Crippen LogP contribution >= 0.6 is 0 Å². The lowest BCUT2D eigenvalue weighted by molar-refractivity contribution is 0.0495. The molecule has 1 saturated heterocycles. The highest BCUT2D eigenvalue weighted by molar-refractivity contribution is 5.39. The highest BCUT2D eigenvalue weighted by Gasteiger charge is 2.10. The highest BCUT2D eigenvalue weighted by Crippen LogP contribution is 2.09. The molecule has 0 aromatic carbocycles. The van der Waals surface area contributed by atoms with E-state index in [1.807, 2.05) is 13.0 Å². The number of aromatic nitrogens is 2. The highest BCUT2D eigenvalue weighted by atomic mass is 16.5. The Bertz CT molecular complexity index is 317. The predicted octanol–water partition coefficient (Wildman–Crippen LogP) is 0.0263. The number of nitrogens with one attached hydrogen (secondary N) is 1. The van der Waals surface area contributed by atoms with Gasteiger partial charge in [-0.1, -0.05) is 0 Å². The van der Waals surface area contributed by atoms with Gasteiger partial charge in [0, 0.05) is 24.8 Å². The summed E-state index contributed by atoms with van der Waals surface area (Å²) in [6.45, 7) is 5.08. The summed E-state index contributed by atoms with van der Waals surface area (Å²) in [6, 6.07) is 1.87. The molecule has 0 radical (unpaired) electrons. The number of aryl methyl sites for hydroxylation is 1. The summed E-state index contributed by atoms with van der Waals surface area (Å²) in [5, 5.41) is 2.06. The minimum atomic E-state index is 0.297. The van der Waals surface area contributed by atoms with E-state index >= 15 is 0 Å². The van der Waals surface area contributed by atoms with Crippen molar-refractivity contribution in [2.24, 2.45) is 0 Å². The van der Waals surface area contributed by atoms with Crippen LogP contribution in [-0.2, 0) is 4.74 Å². The number of nitrogen functional groups attached to an aromatic ring is 1. The van der Waals surface area contributed by atoms with Crippen LogP contribution in [0.3, 0.4) is 0 Å². The van der Waals surface area contributed by atoms with E-state index in [-0.39, 0.29) is 0 Å². The van der Waals surface area contributed by atoms with E-state index in [1.165, 1.54) is 0 Å². The molecule has 1 fully saturated rings. The summed E-state index contributed by atoms with van der Waals surface area (Å²) in [7, 11) is 0. The van der Waals surface area contributed by atoms with Gasteiger partial charge in [0.25, 0.3) is 0 Å². The lowest BCUT2D eigenvalue weighted by Crippen LogP contribution is -2.40. The Morgan fingerprint density at radius 3 is 2.80 bits per heavy atom. The lowest BCUT2D eigenvalue weighted by Gasteiger charge is -2.27. The molecule has 2 heterocycles. The molecule has 1 aliphatic rings. The molecule has 0 bridgehead atoms. The monoisotopic (exact) mass is 209 g/mol. The number of hydrazine groups is 1. The Kier molecular flexibility index (Phi) is 2.98. The molecule has 0 aliphatic carbocycles. The van der Waals surface area contributed by atoms with E-state index in [2.05, 4.69) is 20.4 Å². The topological polar surface area (TPSA) is 76.3 Å². The summed E-state index contributed by atoms with van der Waals surface area (Å²) >= 11 is 0. The minimum absolute atomic E-state index is 0.297. The second-order valence-electron chi connectivity index (χ2n) is 3.46. The molecule has 6 heteroatoms. The van der Waals surface area contributed by atoms with Crippen molar-refractivity contribution in [3.8, 4) is 0 Å². The van der Waals surface area contributed by atoms with Gasteiger partial charge in [-0.2, -0.15) is 4.98 Å². The maximum absolute atomic E-state index is 5.56. The summed E-state index contributed by atoms with van der Waals surface area (Å²) < 4.78 is 5.25. The molecular weight excluding hydrogens is 194 g/mol. The number of morpholine rings is 1. The van der Waals surface area contributed by atoms with Gasteiger partial charge in [-0.05, 0) is 6.92 Å². The Hall–Kier alpha value is -1.40. The van der Waals surface area contributed by atoms with Gasteiger partial charge in [0.05, 0.1) is 13.2 Å². The van der Waals surface area contributed by atoms with Crippen LogP contribution in [0, 0.1) is 6.92 Å². The molecule has 0 atom stereocenters. The summed E-state index contributed by atoms with van der Waals surface area (Å²) in [5.41, 5.74) is 9.60. The van der Waals surface area contributed by atoms with Crippen LogP contribution < -0.4 is 11.2 Å². The average molecular weight is 209 g/mol. The Labute approximate surface area is 88.4 Å². The molecule has 1 aromatic heterocycles. The summed E-state index contributed by atoms with van der Waals surface area (Å²) in [5.74, 6) is 1.03. The van der Waals surface area contributed by atoms with E-state index in [0.717, 1.165) is 37.8 Å². The van der Waals surface area contributed by atoms with Crippen LogP contribution in [0.2, 0.25) is 0 Å². The van der Waals surface area contributed by atoms with Crippen molar-refractivity contribution in [3.05, 3.63) is 11.8 Å². The third-order valence-electron chi connectivity index (χ3n) is 2.16. The van der Waals surface area contributed by atoms with Gasteiger partial charge in [0.2, 0.25) is 5.95 Å². The molecule has 0 saturated carbocycles. The zero-order chi connectivity index (χ0) is 10.7. The van der Waals surface area contributed by atoms with E-state index in [4.69, 9.17) is 10.5 Å². The second-order valence-corrected chi connectivity index (χ2v) is 3.46. The maximum Gasteiger partial charge on any atom is 0.222 e. The lowest BCUT2D eigenvalue weighted by atomic mass is 10.4. The van der Waals surface area contributed by atoms with Gasteiger partial charge in [-0.15, -0.1) is 0 Å². The summed E-state index contributed by atoms with van der Waals surface area (Å²) in [4.78, 5) is 8.11. The van der Waals surface area contributed by atoms with E-state index < -0.39 is 0 Å². The van der Waals surface area contributed by atoms with Gasteiger partial charge < -0.3 is 15.9 Å². The first-order chi connectivity index (χ1) is 7.24. The van der Waals surface area contributed by atoms with Crippen molar-refractivity contribution in [3.63, 3.8) is 0 Å². The zero-order valence-corrected chi connectivity index (χ0v) is 8.73. The fourth-order valence-electron chi connectivity index (χ4n) is 1.49. The first kappa shape index (κ1) is 10.1. The van der Waals surface area contributed by atoms with E-state index in [9.17, 15) is 0 Å². The first-order valence-electron chi connectivity index (χ1n) is 4.94. The van der Waals surface area contributed by atoms with Crippen molar-refractivity contribution in [1.29, 1.82) is 0 Å². The summed E-state index contributed by atoms with van der Waals surface area (Å²) in [6.07, 6.45) is 0. The van der Waals surface area contributed by atoms with Crippen molar-refractivity contribution in [1.82, 2.24) is 15.0 Å². The quantitative estimate of drug-likeness (QED) is 0.715. The third-order valence-corrected chi connectivity index (χ3v) is 2.16. The van der Waals surface area contributed by atoms with Crippen molar-refractivity contribution < 1.29 is 4.74 Å². The second kappa shape index (κ2) is 4.41. The van der Waals surface area contributed by atoms with Crippen molar-refractivity contribution in [2.45, 2.75) is 6.92 Å². The van der Waals surface area contributed by atoms with Crippen LogP contribution in [0.15, 0.2) is 6.07 Å². The fraction of sp³-hybridized carbons (Fsp3) is 0.556. The number of hydrogen-bond acceptors (Lipinski definition) is 6. The number of nitrogens with two attached hydrogens (primary N) is 1. The average Bonchev–Trinajstić information content (AvgIpc) is 2.17. The van der Waals surface area contributed by atoms with E-state index in [0.29, 0.717) is 5.95 Å². The minimum Gasteiger partial charge on any atom is -0.379 e. The first-order valence-corrected chi connectivity index (χ1v) is 4.94. The number of ether oxygens (including phenoxy) is 1. The van der Waals surface area contributed by atoms with Gasteiger partial charge in [0.1, 0.15) is 5.82 Å². The molecule has 0 amide bonds. The molecule has 0 spiro atoms. The standard InChI is InChI=1S/C9H15N5O/c1-7-6-8(12-9(10)11-7)13-14-2-4-15-5-3-14/h6H,2-5H2,1H3,(H3,10,11,12,13). The van der Waals surface area contributed by atoms with E-state index in [1.54, 1.807) is 0 Å². The van der Waals surface area contributed by atoms with Gasteiger partial charge in [-0.3, -0.25) is 0 Å². The molecule has 1 aliphatic heterocycles. The van der Waals surface area contributed by atoms with Gasteiger partial charge in [-0.25, -0.2) is 9.99 Å². The molecule has 6 nitrogen and oxygen atoms in total. The number of anilines is 2. The Morgan fingerprint density at radius 2 is 2.13 bits per heavy atom. The largest absolute Gasteiger partial charge is 0.379 e. The molecular formula is C9H15N5O. The molecule has 2 rings (SSSR count). The van der Waals surface area contributed by atoms with Gasteiger partial charge in [0.15, 0.2) is 0 Å². The zero-order valence-electron chi connectivity index (χ0n) is 8.73. The SMILES string of the molecule is Cc1cc(NN2CCOCC2)nc(N)n1. The van der Waals surface area contributed by atoms with Crippen LogP contribution in [-0.4, -0.2) is 41.3 Å². The number of hydrogen-bond donors (Lipinski definition) is 2. The molecule has 1 aromatic rings. The van der Waals surface area contributed by atoms with Crippen LogP contribution in [0.4, 0.5) is 11.8 Å². The molecule has 82 valence electrons. The predicted molar refractivity (Wildman–Crippen MR) is 57.2 cm³/mol. The third kappa shape index (κ3) is 2.77. The Balaban J connectivity index is 2.02. The van der Waals surface area contributed by atoms with Crippen molar-refractivity contribution >= 4 is 11.8 Å². The molecule has 15 heavy (non-hydrogen) atoms. The van der Waals surface area contributed by atoms with Crippen LogP contribution in [0.5, 0.6) is 0 Å². The number of nitrogens with zero attached hydrogens (tertiary/aromatic N) is 3.